The average molecular weight is 109 g/mol. The first-order chi connectivity index (χ1) is 3.93. The Morgan fingerprint density at radius 1 is 2.00 bits per heavy atom. The molecule has 3 heteroatoms. The Balaban J connectivity index is 2.22. The summed E-state index contributed by atoms with van der Waals surface area (Å²) in [5, 5.41) is 11.5. The summed E-state index contributed by atoms with van der Waals surface area (Å²) < 4.78 is 0. The summed E-state index contributed by atoms with van der Waals surface area (Å²) in [5.74, 6) is 0. The van der Waals surface area contributed by atoms with Gasteiger partial charge in [0, 0.05) is 6.42 Å². The Labute approximate surface area is 47.5 Å². The van der Waals surface area contributed by atoms with Gasteiger partial charge in [0.1, 0.15) is 12.3 Å². The Bertz CT molecular complexity index is 128. The fourth-order valence-electron chi connectivity index (χ4n) is 0.499. The summed E-state index contributed by atoms with van der Waals surface area (Å²) in [7, 11) is 0. The topological polar surface area (TPSA) is 45.4 Å². The van der Waals surface area contributed by atoms with Gasteiger partial charge in [-0.3, -0.25) is 0 Å². The minimum Gasteiger partial charge on any atom is -0.391 e. The maximum Gasteiger partial charge on any atom is 0.146 e. The lowest BCUT2D eigenvalue weighted by atomic mass is 10.2. The van der Waals surface area contributed by atoms with E-state index in [1.165, 1.54) is 0 Å². The zero-order valence-electron chi connectivity index (χ0n) is 4.29. The molecule has 1 aliphatic heterocycles. The SMILES string of the molecule is N#CCC1C[C]=NO1. The van der Waals surface area contributed by atoms with Crippen LogP contribution in [0.1, 0.15) is 12.8 Å². The van der Waals surface area contributed by atoms with E-state index in [0.29, 0.717) is 12.8 Å². The van der Waals surface area contributed by atoms with Crippen LogP contribution in [0.15, 0.2) is 5.16 Å². The molecule has 8 heavy (non-hydrogen) atoms. The van der Waals surface area contributed by atoms with Crippen molar-refractivity contribution in [3.8, 4) is 6.07 Å². The highest BCUT2D eigenvalue weighted by Gasteiger charge is 2.11. The van der Waals surface area contributed by atoms with Gasteiger partial charge in [-0.1, -0.05) is 5.16 Å². The lowest BCUT2D eigenvalue weighted by Crippen LogP contribution is -2.02. The van der Waals surface area contributed by atoms with E-state index in [1.54, 1.807) is 0 Å². The van der Waals surface area contributed by atoms with Gasteiger partial charge in [-0.05, 0) is 0 Å². The van der Waals surface area contributed by atoms with Crippen LogP contribution < -0.4 is 0 Å². The predicted octanol–water partition coefficient (Wildman–Crippen LogP) is 0.552. The van der Waals surface area contributed by atoms with Crippen molar-refractivity contribution in [2.75, 3.05) is 0 Å². The van der Waals surface area contributed by atoms with Gasteiger partial charge in [-0.25, -0.2) is 0 Å². The molecule has 0 bridgehead atoms. The van der Waals surface area contributed by atoms with Crippen LogP contribution in [0, 0.1) is 11.3 Å². The molecular formula is C5H5N2O. The van der Waals surface area contributed by atoms with Gasteiger partial charge in [-0.2, -0.15) is 5.26 Å². The summed E-state index contributed by atoms with van der Waals surface area (Å²) in [6, 6.07) is 1.98. The molecule has 1 rings (SSSR count). The van der Waals surface area contributed by atoms with Crippen molar-refractivity contribution >= 4 is 6.21 Å². The Hall–Kier alpha value is -1.04. The van der Waals surface area contributed by atoms with Crippen LogP contribution in [0.5, 0.6) is 0 Å². The van der Waals surface area contributed by atoms with Gasteiger partial charge >= 0.3 is 0 Å². The summed E-state index contributed by atoms with van der Waals surface area (Å²) in [4.78, 5) is 4.68. The largest absolute Gasteiger partial charge is 0.391 e. The highest BCUT2D eigenvalue weighted by Crippen LogP contribution is 2.06. The molecule has 0 aromatic heterocycles. The zero-order valence-corrected chi connectivity index (χ0v) is 4.29. The first kappa shape index (κ1) is 5.10. The summed E-state index contributed by atoms with van der Waals surface area (Å²) in [6.45, 7) is 0. The van der Waals surface area contributed by atoms with Crippen molar-refractivity contribution in [1.29, 1.82) is 5.26 Å². The molecule has 3 nitrogen and oxygen atoms in total. The molecule has 0 aliphatic carbocycles. The van der Waals surface area contributed by atoms with Crippen LogP contribution in [0.25, 0.3) is 0 Å². The molecule has 1 aliphatic rings. The van der Waals surface area contributed by atoms with Crippen molar-refractivity contribution in [2.24, 2.45) is 5.16 Å². The van der Waals surface area contributed by atoms with E-state index in [0.717, 1.165) is 0 Å². The van der Waals surface area contributed by atoms with Gasteiger partial charge < -0.3 is 4.84 Å². The number of nitriles is 1. The molecule has 0 aromatic rings. The van der Waals surface area contributed by atoms with Crippen molar-refractivity contribution < 1.29 is 4.84 Å². The minimum absolute atomic E-state index is 0.0278. The standard InChI is InChI=1S/C5H5N2O/c6-3-1-5-2-4-7-8-5/h5H,1-2H2. The highest BCUT2D eigenvalue weighted by molar-refractivity contribution is 5.58. The third kappa shape index (κ3) is 0.969. The van der Waals surface area contributed by atoms with Crippen molar-refractivity contribution in [2.45, 2.75) is 18.9 Å². The van der Waals surface area contributed by atoms with Gasteiger partial charge in [0.15, 0.2) is 0 Å². The fraction of sp³-hybridized carbons (Fsp3) is 0.600. The fourth-order valence-corrected chi connectivity index (χ4v) is 0.499. The number of rotatable bonds is 1. The number of nitrogens with zero attached hydrogens (tertiary/aromatic N) is 2. The van der Waals surface area contributed by atoms with E-state index in [-0.39, 0.29) is 6.10 Å². The second-order valence-corrected chi connectivity index (χ2v) is 1.54. The molecule has 1 radical (unpaired) electrons. The first-order valence-electron chi connectivity index (χ1n) is 2.39. The summed E-state index contributed by atoms with van der Waals surface area (Å²) >= 11 is 0. The van der Waals surface area contributed by atoms with Crippen LogP contribution in [-0.2, 0) is 4.84 Å². The second kappa shape index (κ2) is 2.31. The summed E-state index contributed by atoms with van der Waals surface area (Å²) in [5.41, 5.74) is 0. The zero-order chi connectivity index (χ0) is 5.82. The van der Waals surface area contributed by atoms with Crippen LogP contribution in [0.2, 0.25) is 0 Å². The maximum atomic E-state index is 8.13. The normalized spacial score (nSPS) is 24.6. The van der Waals surface area contributed by atoms with Gasteiger partial charge in [0.05, 0.1) is 12.5 Å². The Kier molecular flexibility index (Phi) is 1.48. The molecule has 0 saturated heterocycles. The van der Waals surface area contributed by atoms with Gasteiger partial charge in [-0.15, -0.1) is 0 Å². The molecule has 1 atom stereocenters. The van der Waals surface area contributed by atoms with E-state index in [9.17, 15) is 0 Å². The van der Waals surface area contributed by atoms with E-state index < -0.39 is 0 Å². The molecule has 41 valence electrons. The van der Waals surface area contributed by atoms with Gasteiger partial charge in [0.25, 0.3) is 0 Å². The lowest BCUT2D eigenvalue weighted by molar-refractivity contribution is 0.0892. The molecule has 0 N–H and O–H groups in total. The minimum atomic E-state index is -0.0278. The van der Waals surface area contributed by atoms with E-state index in [4.69, 9.17) is 5.26 Å². The van der Waals surface area contributed by atoms with E-state index >= 15 is 0 Å². The molecule has 1 unspecified atom stereocenters. The average Bonchev–Trinajstić information content (AvgIpc) is 2.19. The molecule has 1 heterocycles. The molecule has 0 amide bonds. The van der Waals surface area contributed by atoms with Gasteiger partial charge in [0.2, 0.25) is 0 Å². The molecule has 0 spiro atoms. The van der Waals surface area contributed by atoms with E-state index in [1.807, 2.05) is 6.07 Å². The molecular weight excluding hydrogens is 104 g/mol. The van der Waals surface area contributed by atoms with Crippen molar-refractivity contribution in [3.05, 3.63) is 0 Å². The first-order valence-corrected chi connectivity index (χ1v) is 2.39. The third-order valence-electron chi connectivity index (χ3n) is 0.904. The number of hydrogen-bond donors (Lipinski definition) is 0. The molecule has 0 saturated carbocycles. The Morgan fingerprint density at radius 2 is 2.88 bits per heavy atom. The molecule has 0 fully saturated rings. The smallest absolute Gasteiger partial charge is 0.146 e. The maximum absolute atomic E-state index is 8.13. The molecule has 0 aromatic carbocycles. The summed E-state index contributed by atoms with van der Waals surface area (Å²) in [6.07, 6.45) is 3.65. The van der Waals surface area contributed by atoms with Crippen LogP contribution >= 0.6 is 0 Å². The van der Waals surface area contributed by atoms with Crippen molar-refractivity contribution in [1.82, 2.24) is 0 Å². The Morgan fingerprint density at radius 3 is 3.38 bits per heavy atom. The lowest BCUT2D eigenvalue weighted by Gasteiger charge is -1.98. The van der Waals surface area contributed by atoms with E-state index in [2.05, 4.69) is 16.2 Å². The van der Waals surface area contributed by atoms with Crippen LogP contribution in [0.3, 0.4) is 0 Å². The third-order valence-corrected chi connectivity index (χ3v) is 0.904. The van der Waals surface area contributed by atoms with Crippen LogP contribution in [0.4, 0.5) is 0 Å². The predicted molar refractivity (Wildman–Crippen MR) is 27.2 cm³/mol. The second-order valence-electron chi connectivity index (χ2n) is 1.54. The van der Waals surface area contributed by atoms with Crippen molar-refractivity contribution in [3.63, 3.8) is 0 Å². The van der Waals surface area contributed by atoms with Crippen LogP contribution in [-0.4, -0.2) is 12.3 Å². The highest BCUT2D eigenvalue weighted by atomic mass is 16.6. The monoisotopic (exact) mass is 109 g/mol. The quantitative estimate of drug-likeness (QED) is 0.493. The number of hydrogen-bond acceptors (Lipinski definition) is 3.